The second-order valence-electron chi connectivity index (χ2n) is 5.23. The fraction of sp³-hybridized carbons (Fsp3) is 0.235. The molecule has 2 aromatic carbocycles. The second-order valence-corrected chi connectivity index (χ2v) is 5.67. The maximum absolute atomic E-state index is 12.4. The van der Waals surface area contributed by atoms with Gasteiger partial charge in [0.2, 0.25) is 0 Å². The van der Waals surface area contributed by atoms with Crippen molar-refractivity contribution < 1.29 is 4.79 Å². The second kappa shape index (κ2) is 5.78. The van der Waals surface area contributed by atoms with Gasteiger partial charge in [-0.05, 0) is 60.7 Å². The summed E-state index contributed by atoms with van der Waals surface area (Å²) in [5, 5.41) is 6.51. The van der Waals surface area contributed by atoms with E-state index in [4.69, 9.17) is 11.6 Å². The third-order valence-corrected chi connectivity index (χ3v) is 4.09. The molecule has 0 saturated heterocycles. The van der Waals surface area contributed by atoms with Gasteiger partial charge < -0.3 is 10.6 Å². The van der Waals surface area contributed by atoms with Crippen molar-refractivity contribution in [1.82, 2.24) is 0 Å². The van der Waals surface area contributed by atoms with Crippen LogP contribution >= 0.6 is 11.6 Å². The maximum Gasteiger partial charge on any atom is 0.257 e. The number of carbonyl (C=O) groups excluding carboxylic acids is 1. The minimum Gasteiger partial charge on any atom is -0.387 e. The van der Waals surface area contributed by atoms with Gasteiger partial charge in [0, 0.05) is 23.4 Å². The average molecular weight is 301 g/mol. The molecule has 21 heavy (non-hydrogen) atoms. The van der Waals surface area contributed by atoms with Crippen molar-refractivity contribution in [3.05, 3.63) is 58.1 Å². The van der Waals surface area contributed by atoms with Crippen molar-refractivity contribution >= 4 is 28.9 Å². The molecule has 0 heterocycles. The highest BCUT2D eigenvalue weighted by atomic mass is 35.5. The maximum atomic E-state index is 12.4. The number of fused-ring (bicyclic) bond motifs is 1. The summed E-state index contributed by atoms with van der Waals surface area (Å²) < 4.78 is 0. The van der Waals surface area contributed by atoms with Crippen LogP contribution in [0.1, 0.15) is 27.9 Å². The van der Waals surface area contributed by atoms with Gasteiger partial charge in [0.25, 0.3) is 5.91 Å². The van der Waals surface area contributed by atoms with Crippen molar-refractivity contribution in [3.63, 3.8) is 0 Å². The number of nitrogens with one attached hydrogen (secondary N) is 2. The summed E-state index contributed by atoms with van der Waals surface area (Å²) in [5.41, 5.74) is 4.88. The predicted octanol–water partition coefficient (Wildman–Crippen LogP) is 4.12. The van der Waals surface area contributed by atoms with E-state index in [0.717, 1.165) is 24.2 Å². The molecule has 3 rings (SSSR count). The molecule has 0 saturated carbocycles. The number of carbonyl (C=O) groups is 1. The minimum absolute atomic E-state index is 0.153. The lowest BCUT2D eigenvalue weighted by Gasteiger charge is -2.11. The molecule has 0 aliphatic heterocycles. The van der Waals surface area contributed by atoms with E-state index < -0.39 is 0 Å². The normalized spacial score (nSPS) is 12.9. The van der Waals surface area contributed by atoms with Gasteiger partial charge in [-0.1, -0.05) is 17.7 Å². The first-order valence-corrected chi connectivity index (χ1v) is 7.45. The standard InChI is InChI=1S/C17H17ClN2O/c1-19-16-8-6-13(18)10-15(16)17(21)20-14-7-5-11-3-2-4-12(11)9-14/h5-10,19H,2-4H2,1H3,(H,20,21). The van der Waals surface area contributed by atoms with Crippen molar-refractivity contribution in [2.75, 3.05) is 17.7 Å². The third kappa shape index (κ3) is 2.88. The van der Waals surface area contributed by atoms with Crippen LogP contribution in [0.2, 0.25) is 5.02 Å². The molecule has 0 radical (unpaired) electrons. The van der Waals surface area contributed by atoms with Gasteiger partial charge in [-0.25, -0.2) is 0 Å². The van der Waals surface area contributed by atoms with Gasteiger partial charge in [0.1, 0.15) is 0 Å². The Kier molecular flexibility index (Phi) is 3.84. The topological polar surface area (TPSA) is 41.1 Å². The zero-order valence-electron chi connectivity index (χ0n) is 11.9. The van der Waals surface area contributed by atoms with E-state index in [1.54, 1.807) is 25.2 Å². The predicted molar refractivity (Wildman–Crippen MR) is 87.4 cm³/mol. The Balaban J connectivity index is 1.85. The van der Waals surface area contributed by atoms with Crippen LogP contribution < -0.4 is 10.6 Å². The molecule has 2 N–H and O–H groups in total. The molecule has 1 aliphatic carbocycles. The molecule has 1 amide bonds. The van der Waals surface area contributed by atoms with E-state index in [0.29, 0.717) is 10.6 Å². The largest absolute Gasteiger partial charge is 0.387 e. The molecule has 0 spiro atoms. The lowest BCUT2D eigenvalue weighted by atomic mass is 10.1. The first-order chi connectivity index (χ1) is 10.2. The molecule has 0 fully saturated rings. The Hall–Kier alpha value is -2.00. The third-order valence-electron chi connectivity index (χ3n) is 3.85. The number of benzene rings is 2. The van der Waals surface area contributed by atoms with Crippen LogP contribution in [0.5, 0.6) is 0 Å². The quantitative estimate of drug-likeness (QED) is 0.895. The van der Waals surface area contributed by atoms with Crippen molar-refractivity contribution in [2.24, 2.45) is 0 Å². The van der Waals surface area contributed by atoms with E-state index in [-0.39, 0.29) is 5.91 Å². The first kappa shape index (κ1) is 14.0. The average Bonchev–Trinajstić information content (AvgIpc) is 2.94. The lowest BCUT2D eigenvalue weighted by molar-refractivity contribution is 0.102. The first-order valence-electron chi connectivity index (χ1n) is 7.08. The van der Waals surface area contributed by atoms with E-state index in [2.05, 4.69) is 22.8 Å². The molecule has 0 bridgehead atoms. The lowest BCUT2D eigenvalue weighted by Crippen LogP contribution is -2.14. The zero-order chi connectivity index (χ0) is 14.8. The number of halogens is 1. The SMILES string of the molecule is CNc1ccc(Cl)cc1C(=O)Nc1ccc2c(c1)CCC2. The smallest absolute Gasteiger partial charge is 0.257 e. The number of hydrogen-bond donors (Lipinski definition) is 2. The number of aryl methyl sites for hydroxylation is 2. The highest BCUT2D eigenvalue weighted by molar-refractivity contribution is 6.31. The Morgan fingerprint density at radius 2 is 1.90 bits per heavy atom. The molecule has 3 nitrogen and oxygen atoms in total. The van der Waals surface area contributed by atoms with E-state index >= 15 is 0 Å². The molecule has 4 heteroatoms. The summed E-state index contributed by atoms with van der Waals surface area (Å²) in [6.07, 6.45) is 3.44. The molecular formula is C17H17ClN2O. The summed E-state index contributed by atoms with van der Waals surface area (Å²) in [6.45, 7) is 0. The molecule has 0 unspecified atom stereocenters. The zero-order valence-corrected chi connectivity index (χ0v) is 12.6. The highest BCUT2D eigenvalue weighted by Gasteiger charge is 2.14. The molecule has 108 valence electrons. The van der Waals surface area contributed by atoms with Crippen LogP contribution in [0.4, 0.5) is 11.4 Å². The van der Waals surface area contributed by atoms with Crippen LogP contribution in [0.25, 0.3) is 0 Å². The van der Waals surface area contributed by atoms with Gasteiger partial charge in [-0.2, -0.15) is 0 Å². The Morgan fingerprint density at radius 1 is 1.10 bits per heavy atom. The summed E-state index contributed by atoms with van der Waals surface area (Å²) >= 11 is 5.99. The number of hydrogen-bond acceptors (Lipinski definition) is 2. The van der Waals surface area contributed by atoms with Crippen molar-refractivity contribution in [2.45, 2.75) is 19.3 Å². The van der Waals surface area contributed by atoms with Gasteiger partial charge >= 0.3 is 0 Å². The fourth-order valence-electron chi connectivity index (χ4n) is 2.77. The van der Waals surface area contributed by atoms with E-state index in [1.807, 2.05) is 6.07 Å². The molecular weight excluding hydrogens is 284 g/mol. The fourth-order valence-corrected chi connectivity index (χ4v) is 2.94. The van der Waals surface area contributed by atoms with E-state index in [1.165, 1.54) is 17.5 Å². The van der Waals surface area contributed by atoms with E-state index in [9.17, 15) is 4.79 Å². The summed E-state index contributed by atoms with van der Waals surface area (Å²) in [4.78, 5) is 12.4. The summed E-state index contributed by atoms with van der Waals surface area (Å²) in [7, 11) is 1.79. The highest BCUT2D eigenvalue weighted by Crippen LogP contribution is 2.26. The van der Waals surface area contributed by atoms with Gasteiger partial charge in [-0.3, -0.25) is 4.79 Å². The van der Waals surface area contributed by atoms with Crippen LogP contribution in [-0.2, 0) is 12.8 Å². The molecule has 0 atom stereocenters. The Labute approximate surface area is 129 Å². The number of amides is 1. The molecule has 1 aliphatic rings. The van der Waals surface area contributed by atoms with Crippen LogP contribution in [0, 0.1) is 0 Å². The van der Waals surface area contributed by atoms with Crippen LogP contribution in [0.15, 0.2) is 36.4 Å². The van der Waals surface area contributed by atoms with Crippen LogP contribution in [-0.4, -0.2) is 13.0 Å². The molecule has 0 aromatic heterocycles. The van der Waals surface area contributed by atoms with Crippen molar-refractivity contribution in [1.29, 1.82) is 0 Å². The summed E-state index contributed by atoms with van der Waals surface area (Å²) in [6, 6.07) is 11.4. The van der Waals surface area contributed by atoms with Crippen LogP contribution in [0.3, 0.4) is 0 Å². The van der Waals surface area contributed by atoms with Gasteiger partial charge in [0.15, 0.2) is 0 Å². The van der Waals surface area contributed by atoms with Gasteiger partial charge in [0.05, 0.1) is 5.56 Å². The Bertz CT molecular complexity index is 697. The number of rotatable bonds is 3. The van der Waals surface area contributed by atoms with Crippen molar-refractivity contribution in [3.8, 4) is 0 Å². The Morgan fingerprint density at radius 3 is 2.71 bits per heavy atom. The number of anilines is 2. The van der Waals surface area contributed by atoms with Gasteiger partial charge in [-0.15, -0.1) is 0 Å². The molecule has 2 aromatic rings. The summed E-state index contributed by atoms with van der Waals surface area (Å²) in [5.74, 6) is -0.153. The minimum atomic E-state index is -0.153. The monoisotopic (exact) mass is 300 g/mol.